The molecule has 162 valence electrons. The van der Waals surface area contributed by atoms with Gasteiger partial charge in [-0.3, -0.25) is 4.79 Å². The summed E-state index contributed by atoms with van der Waals surface area (Å²) in [5.74, 6) is 0.159. The van der Waals surface area contributed by atoms with Gasteiger partial charge in [-0.2, -0.15) is 4.31 Å². The highest BCUT2D eigenvalue weighted by molar-refractivity contribution is 7.89. The predicted molar refractivity (Wildman–Crippen MR) is 122 cm³/mol. The monoisotopic (exact) mass is 447 g/mol. The van der Waals surface area contributed by atoms with Gasteiger partial charge in [0.2, 0.25) is 21.8 Å². The Morgan fingerprint density at radius 2 is 1.62 bits per heavy atom. The maximum atomic E-state index is 13.1. The number of hydrogen-bond donors (Lipinski definition) is 0. The van der Waals surface area contributed by atoms with Crippen molar-refractivity contribution in [3.05, 3.63) is 78.7 Å². The van der Waals surface area contributed by atoms with Crippen LogP contribution >= 0.6 is 0 Å². The van der Waals surface area contributed by atoms with Gasteiger partial charge in [0.05, 0.1) is 4.90 Å². The van der Waals surface area contributed by atoms with E-state index in [0.29, 0.717) is 24.6 Å². The Kier molecular flexibility index (Phi) is 5.24. The molecule has 0 aliphatic carbocycles. The number of sulfonamides is 1. The standard InChI is InChI=1S/C24H21N3O4S/c28-24(12-11-23-25-21-7-3-4-8-22(21)31-23)26-13-15-27(16-14-26)32(29,30)20-10-9-18-5-1-2-6-19(18)17-20/h1-12,17H,13-16H2/b12-11+. The van der Waals surface area contributed by atoms with Gasteiger partial charge in [-0.1, -0.05) is 42.5 Å². The number of oxazole rings is 1. The van der Waals surface area contributed by atoms with E-state index in [1.165, 1.54) is 10.4 Å². The van der Waals surface area contributed by atoms with Gasteiger partial charge in [-0.05, 0) is 35.0 Å². The van der Waals surface area contributed by atoms with Crippen LogP contribution < -0.4 is 0 Å². The molecule has 3 aromatic carbocycles. The van der Waals surface area contributed by atoms with Crippen molar-refractivity contribution in [3.8, 4) is 0 Å². The molecule has 0 unspecified atom stereocenters. The maximum Gasteiger partial charge on any atom is 0.246 e. The topological polar surface area (TPSA) is 83.7 Å². The molecule has 0 N–H and O–H groups in total. The van der Waals surface area contributed by atoms with Crippen LogP contribution in [0.1, 0.15) is 5.89 Å². The molecule has 0 bridgehead atoms. The normalized spacial score (nSPS) is 15.7. The lowest BCUT2D eigenvalue weighted by molar-refractivity contribution is -0.127. The van der Waals surface area contributed by atoms with Gasteiger partial charge in [0.15, 0.2) is 5.58 Å². The second kappa shape index (κ2) is 8.22. The molecular weight excluding hydrogens is 426 g/mol. The van der Waals surface area contributed by atoms with Crippen molar-refractivity contribution in [1.82, 2.24) is 14.2 Å². The number of hydrogen-bond acceptors (Lipinski definition) is 5. The fraction of sp³-hybridized carbons (Fsp3) is 0.167. The number of nitrogens with zero attached hydrogens (tertiary/aromatic N) is 3. The van der Waals surface area contributed by atoms with Gasteiger partial charge in [-0.25, -0.2) is 13.4 Å². The van der Waals surface area contributed by atoms with Crippen LogP contribution in [0, 0.1) is 0 Å². The SMILES string of the molecule is O=C(/C=C/c1nc2ccccc2o1)N1CCN(S(=O)(=O)c2ccc3ccccc3c2)CC1. The van der Waals surface area contributed by atoms with Crippen LogP contribution in [-0.4, -0.2) is 54.7 Å². The molecule has 4 aromatic rings. The molecule has 2 heterocycles. The van der Waals surface area contributed by atoms with Crippen molar-refractivity contribution in [1.29, 1.82) is 0 Å². The van der Waals surface area contributed by atoms with E-state index in [9.17, 15) is 13.2 Å². The largest absolute Gasteiger partial charge is 0.437 e. The zero-order valence-electron chi connectivity index (χ0n) is 17.2. The lowest BCUT2D eigenvalue weighted by Crippen LogP contribution is -2.50. The lowest BCUT2D eigenvalue weighted by atomic mass is 10.1. The van der Waals surface area contributed by atoms with Gasteiger partial charge in [0.1, 0.15) is 5.52 Å². The molecule has 1 saturated heterocycles. The first-order valence-corrected chi connectivity index (χ1v) is 11.8. The molecule has 1 fully saturated rings. The van der Waals surface area contributed by atoms with Crippen LogP contribution in [0.3, 0.4) is 0 Å². The van der Waals surface area contributed by atoms with E-state index in [1.54, 1.807) is 23.1 Å². The third kappa shape index (κ3) is 3.90. The van der Waals surface area contributed by atoms with Gasteiger partial charge >= 0.3 is 0 Å². The predicted octanol–water partition coefficient (Wildman–Crippen LogP) is 3.53. The second-order valence-corrected chi connectivity index (χ2v) is 9.53. The van der Waals surface area contributed by atoms with E-state index in [4.69, 9.17) is 4.42 Å². The average molecular weight is 448 g/mol. The number of amides is 1. The number of rotatable bonds is 4. The molecule has 32 heavy (non-hydrogen) atoms. The van der Waals surface area contributed by atoms with Crippen molar-refractivity contribution < 1.29 is 17.6 Å². The number of benzene rings is 3. The van der Waals surface area contributed by atoms with Crippen molar-refractivity contribution in [2.45, 2.75) is 4.90 Å². The molecule has 0 saturated carbocycles. The second-order valence-electron chi connectivity index (χ2n) is 7.59. The van der Waals surface area contributed by atoms with Gasteiger partial charge < -0.3 is 9.32 Å². The van der Waals surface area contributed by atoms with Crippen LogP contribution in [0.15, 0.2) is 82.1 Å². The minimum absolute atomic E-state index is 0.199. The zero-order chi connectivity index (χ0) is 22.1. The van der Waals surface area contributed by atoms with Gasteiger partial charge in [-0.15, -0.1) is 0 Å². The Balaban J connectivity index is 1.25. The van der Waals surface area contributed by atoms with E-state index < -0.39 is 10.0 Å². The number of fused-ring (bicyclic) bond motifs is 2. The average Bonchev–Trinajstić information content (AvgIpc) is 3.25. The van der Waals surface area contributed by atoms with E-state index >= 15 is 0 Å². The molecule has 0 atom stereocenters. The number of piperazine rings is 1. The van der Waals surface area contributed by atoms with Gasteiger partial charge in [0, 0.05) is 38.3 Å². The Hall–Kier alpha value is -3.49. The van der Waals surface area contributed by atoms with E-state index in [0.717, 1.165) is 16.3 Å². The van der Waals surface area contributed by atoms with E-state index in [1.807, 2.05) is 54.6 Å². The highest BCUT2D eigenvalue weighted by Crippen LogP contribution is 2.23. The summed E-state index contributed by atoms with van der Waals surface area (Å²) in [6, 6.07) is 20.2. The lowest BCUT2D eigenvalue weighted by Gasteiger charge is -2.33. The van der Waals surface area contributed by atoms with Crippen LogP contribution in [-0.2, 0) is 14.8 Å². The molecule has 1 aromatic heterocycles. The summed E-state index contributed by atoms with van der Waals surface area (Å²) in [5, 5.41) is 1.87. The molecule has 8 heteroatoms. The molecule has 0 radical (unpaired) electrons. The molecule has 1 aliphatic rings. The van der Waals surface area contributed by atoms with Crippen LogP contribution in [0.2, 0.25) is 0 Å². The summed E-state index contributed by atoms with van der Waals surface area (Å²) in [4.78, 5) is 18.8. The summed E-state index contributed by atoms with van der Waals surface area (Å²) < 4.78 is 33.2. The van der Waals surface area contributed by atoms with E-state index in [-0.39, 0.29) is 23.9 Å². The fourth-order valence-electron chi connectivity index (χ4n) is 3.84. The summed E-state index contributed by atoms with van der Waals surface area (Å²) in [5.41, 5.74) is 1.39. The van der Waals surface area contributed by atoms with Crippen molar-refractivity contribution >= 4 is 43.9 Å². The quantitative estimate of drug-likeness (QED) is 0.447. The summed E-state index contributed by atoms with van der Waals surface area (Å²) >= 11 is 0. The molecule has 7 nitrogen and oxygen atoms in total. The van der Waals surface area contributed by atoms with Crippen molar-refractivity contribution in [2.75, 3.05) is 26.2 Å². The number of carbonyl (C=O) groups excluding carboxylic acids is 1. The van der Waals surface area contributed by atoms with Crippen LogP contribution in [0.5, 0.6) is 0 Å². The first-order valence-electron chi connectivity index (χ1n) is 10.3. The molecule has 1 amide bonds. The number of para-hydroxylation sites is 2. The minimum atomic E-state index is -3.62. The number of carbonyl (C=O) groups is 1. The van der Waals surface area contributed by atoms with E-state index in [2.05, 4.69) is 4.98 Å². The highest BCUT2D eigenvalue weighted by Gasteiger charge is 2.29. The third-order valence-electron chi connectivity index (χ3n) is 5.59. The third-order valence-corrected chi connectivity index (χ3v) is 7.48. The summed E-state index contributed by atoms with van der Waals surface area (Å²) in [6.07, 6.45) is 2.96. The molecular formula is C24H21N3O4S. The molecule has 0 spiro atoms. The highest BCUT2D eigenvalue weighted by atomic mass is 32.2. The van der Waals surface area contributed by atoms with Crippen molar-refractivity contribution in [2.24, 2.45) is 0 Å². The van der Waals surface area contributed by atoms with Crippen molar-refractivity contribution in [3.63, 3.8) is 0 Å². The minimum Gasteiger partial charge on any atom is -0.437 e. The fourth-order valence-corrected chi connectivity index (χ4v) is 5.29. The summed E-state index contributed by atoms with van der Waals surface area (Å²) in [7, 11) is -3.62. The Bertz CT molecular complexity index is 1400. The molecule has 1 aliphatic heterocycles. The smallest absolute Gasteiger partial charge is 0.246 e. The number of aromatic nitrogens is 1. The molecule has 5 rings (SSSR count). The first-order chi connectivity index (χ1) is 15.5. The maximum absolute atomic E-state index is 13.1. The Morgan fingerprint density at radius 1 is 0.906 bits per heavy atom. The Morgan fingerprint density at radius 3 is 2.41 bits per heavy atom. The summed E-state index contributed by atoms with van der Waals surface area (Å²) in [6.45, 7) is 1.14. The van der Waals surface area contributed by atoms with Crippen LogP contribution in [0.4, 0.5) is 0 Å². The first kappa shape index (κ1) is 20.4. The van der Waals surface area contributed by atoms with Gasteiger partial charge in [0.25, 0.3) is 0 Å². The van der Waals surface area contributed by atoms with Crippen LogP contribution in [0.25, 0.3) is 27.9 Å². The zero-order valence-corrected chi connectivity index (χ0v) is 18.0. The Labute approximate surface area is 185 Å².